The third-order valence-electron chi connectivity index (χ3n) is 4.02. The van der Waals surface area contributed by atoms with Crippen molar-refractivity contribution in [1.82, 2.24) is 5.32 Å². The molecular formula is C20H25NO4. The number of hydrogen-bond acceptors (Lipinski definition) is 4. The zero-order chi connectivity index (χ0) is 18.1. The topological polar surface area (TPSA) is 78.8 Å². The largest absolute Gasteiger partial charge is 0.445 e. The minimum atomic E-state index is -0.979. The Morgan fingerprint density at radius 1 is 1.04 bits per heavy atom. The number of rotatable bonds is 8. The number of benzene rings is 2. The number of aryl methyl sites for hydroxylation is 1. The molecule has 5 nitrogen and oxygen atoms in total. The number of aliphatic hydroxyl groups excluding tert-OH is 2. The maximum atomic E-state index is 11.6. The average molecular weight is 343 g/mol. The van der Waals surface area contributed by atoms with E-state index in [1.807, 2.05) is 54.6 Å². The Morgan fingerprint density at radius 3 is 2.36 bits per heavy atom. The standard InChI is InChI=1S/C20H25NO4/c1-2-15-8-10-17(11-9-15)19(23)18(22)12-13-21-20(24)25-14-16-6-4-3-5-7-16/h3-11,18-19,22-23H,2,12-14H2,1H3,(H,21,24). The SMILES string of the molecule is CCc1ccc(C(O)C(O)CCNC(=O)OCc2ccccc2)cc1. The highest BCUT2D eigenvalue weighted by molar-refractivity contribution is 5.67. The van der Waals surface area contributed by atoms with Gasteiger partial charge >= 0.3 is 6.09 Å². The second-order valence-corrected chi connectivity index (χ2v) is 5.88. The molecule has 0 aliphatic heterocycles. The zero-order valence-corrected chi connectivity index (χ0v) is 14.4. The Kier molecular flexibility index (Phi) is 7.44. The molecule has 0 saturated carbocycles. The molecule has 0 spiro atoms. The van der Waals surface area contributed by atoms with E-state index in [9.17, 15) is 15.0 Å². The molecule has 2 rings (SSSR count). The van der Waals surface area contributed by atoms with Crippen LogP contribution in [-0.4, -0.2) is 29.0 Å². The van der Waals surface area contributed by atoms with Crippen LogP contribution in [0.5, 0.6) is 0 Å². The van der Waals surface area contributed by atoms with Crippen LogP contribution >= 0.6 is 0 Å². The molecule has 2 unspecified atom stereocenters. The van der Waals surface area contributed by atoms with Gasteiger partial charge in [-0.15, -0.1) is 0 Å². The van der Waals surface area contributed by atoms with Crippen molar-refractivity contribution in [3.05, 3.63) is 71.3 Å². The fourth-order valence-electron chi connectivity index (χ4n) is 2.43. The molecule has 0 aromatic heterocycles. The summed E-state index contributed by atoms with van der Waals surface area (Å²) >= 11 is 0. The van der Waals surface area contributed by atoms with Crippen molar-refractivity contribution in [2.24, 2.45) is 0 Å². The number of carbonyl (C=O) groups excluding carboxylic acids is 1. The fourth-order valence-corrected chi connectivity index (χ4v) is 2.43. The van der Waals surface area contributed by atoms with Crippen molar-refractivity contribution in [1.29, 1.82) is 0 Å². The first kappa shape index (κ1) is 19.0. The average Bonchev–Trinajstić information content (AvgIpc) is 2.66. The van der Waals surface area contributed by atoms with Crippen molar-refractivity contribution in [3.63, 3.8) is 0 Å². The number of amides is 1. The Hall–Kier alpha value is -2.37. The predicted octanol–water partition coefficient (Wildman–Crippen LogP) is 2.96. The van der Waals surface area contributed by atoms with Crippen LogP contribution in [0.1, 0.15) is 36.1 Å². The summed E-state index contributed by atoms with van der Waals surface area (Å²) in [5.74, 6) is 0. The van der Waals surface area contributed by atoms with E-state index in [4.69, 9.17) is 4.74 Å². The molecule has 0 aliphatic carbocycles. The summed E-state index contributed by atoms with van der Waals surface area (Å²) in [5.41, 5.74) is 2.74. The summed E-state index contributed by atoms with van der Waals surface area (Å²) in [6.07, 6.45) is -1.32. The van der Waals surface area contributed by atoms with Gasteiger partial charge in [-0.05, 0) is 29.5 Å². The van der Waals surface area contributed by atoms with E-state index in [0.717, 1.165) is 12.0 Å². The van der Waals surface area contributed by atoms with E-state index in [0.29, 0.717) is 5.56 Å². The summed E-state index contributed by atoms with van der Waals surface area (Å²) in [4.78, 5) is 11.6. The molecule has 0 heterocycles. The quantitative estimate of drug-likeness (QED) is 0.688. The van der Waals surface area contributed by atoms with E-state index in [2.05, 4.69) is 12.2 Å². The molecule has 1 amide bonds. The van der Waals surface area contributed by atoms with Gasteiger partial charge in [-0.2, -0.15) is 0 Å². The van der Waals surface area contributed by atoms with Gasteiger partial charge in [-0.1, -0.05) is 61.5 Å². The molecule has 3 N–H and O–H groups in total. The van der Waals surface area contributed by atoms with Crippen molar-refractivity contribution < 1.29 is 19.7 Å². The Labute approximate surface area is 148 Å². The first-order chi connectivity index (χ1) is 12.1. The lowest BCUT2D eigenvalue weighted by molar-refractivity contribution is 0.0136. The Morgan fingerprint density at radius 2 is 1.72 bits per heavy atom. The van der Waals surface area contributed by atoms with Crippen LogP contribution < -0.4 is 5.32 Å². The third-order valence-corrected chi connectivity index (χ3v) is 4.02. The van der Waals surface area contributed by atoms with Gasteiger partial charge in [0, 0.05) is 6.54 Å². The number of nitrogens with one attached hydrogen (secondary N) is 1. The van der Waals surface area contributed by atoms with Gasteiger partial charge in [-0.25, -0.2) is 4.79 Å². The van der Waals surface area contributed by atoms with Crippen LogP contribution in [0.3, 0.4) is 0 Å². The van der Waals surface area contributed by atoms with E-state index < -0.39 is 18.3 Å². The van der Waals surface area contributed by atoms with Gasteiger partial charge in [0.05, 0.1) is 6.10 Å². The van der Waals surface area contributed by atoms with Crippen LogP contribution in [0.4, 0.5) is 4.79 Å². The highest BCUT2D eigenvalue weighted by atomic mass is 16.5. The number of aliphatic hydroxyl groups is 2. The lowest BCUT2D eigenvalue weighted by Gasteiger charge is -2.18. The number of carbonyl (C=O) groups is 1. The molecule has 5 heteroatoms. The summed E-state index contributed by atoms with van der Waals surface area (Å²) < 4.78 is 5.09. The molecule has 2 aromatic rings. The van der Waals surface area contributed by atoms with Crippen LogP contribution in [0.2, 0.25) is 0 Å². The first-order valence-electron chi connectivity index (χ1n) is 8.49. The maximum Gasteiger partial charge on any atom is 0.407 e. The van der Waals surface area contributed by atoms with Crippen molar-refractivity contribution in [2.45, 2.75) is 38.6 Å². The van der Waals surface area contributed by atoms with E-state index in [1.54, 1.807) is 0 Å². The van der Waals surface area contributed by atoms with Crippen molar-refractivity contribution >= 4 is 6.09 Å². The summed E-state index contributed by atoms with van der Waals surface area (Å²) in [6, 6.07) is 16.9. The molecular weight excluding hydrogens is 318 g/mol. The number of hydrogen-bond donors (Lipinski definition) is 3. The maximum absolute atomic E-state index is 11.6. The molecule has 25 heavy (non-hydrogen) atoms. The molecule has 0 radical (unpaired) electrons. The Balaban J connectivity index is 1.69. The van der Waals surface area contributed by atoms with E-state index in [-0.39, 0.29) is 19.6 Å². The van der Waals surface area contributed by atoms with Crippen molar-refractivity contribution in [3.8, 4) is 0 Å². The highest BCUT2D eigenvalue weighted by Crippen LogP contribution is 2.19. The summed E-state index contributed by atoms with van der Waals surface area (Å²) in [6.45, 7) is 2.48. The monoisotopic (exact) mass is 343 g/mol. The zero-order valence-electron chi connectivity index (χ0n) is 14.4. The van der Waals surface area contributed by atoms with Crippen molar-refractivity contribution in [2.75, 3.05) is 6.54 Å². The number of ether oxygens (including phenoxy) is 1. The summed E-state index contributed by atoms with van der Waals surface area (Å²) in [5, 5.41) is 22.8. The van der Waals surface area contributed by atoms with Gasteiger partial charge in [0.15, 0.2) is 0 Å². The summed E-state index contributed by atoms with van der Waals surface area (Å²) in [7, 11) is 0. The minimum absolute atomic E-state index is 0.196. The lowest BCUT2D eigenvalue weighted by atomic mass is 10.0. The van der Waals surface area contributed by atoms with Crippen LogP contribution in [0.15, 0.2) is 54.6 Å². The molecule has 2 atom stereocenters. The van der Waals surface area contributed by atoms with E-state index >= 15 is 0 Å². The normalized spacial score (nSPS) is 13.1. The Bertz CT molecular complexity index is 643. The molecule has 0 bridgehead atoms. The van der Waals surface area contributed by atoms with Crippen LogP contribution in [0, 0.1) is 0 Å². The van der Waals surface area contributed by atoms with Gasteiger partial charge in [-0.3, -0.25) is 0 Å². The highest BCUT2D eigenvalue weighted by Gasteiger charge is 2.18. The van der Waals surface area contributed by atoms with Gasteiger partial charge in [0.2, 0.25) is 0 Å². The predicted molar refractivity (Wildman–Crippen MR) is 96.0 cm³/mol. The third kappa shape index (κ3) is 6.21. The first-order valence-corrected chi connectivity index (χ1v) is 8.49. The lowest BCUT2D eigenvalue weighted by Crippen LogP contribution is -2.29. The fraction of sp³-hybridized carbons (Fsp3) is 0.350. The molecule has 2 aromatic carbocycles. The molecule has 0 fully saturated rings. The molecule has 0 aliphatic rings. The minimum Gasteiger partial charge on any atom is -0.445 e. The van der Waals surface area contributed by atoms with Gasteiger partial charge < -0.3 is 20.3 Å². The van der Waals surface area contributed by atoms with Gasteiger partial charge in [0.25, 0.3) is 0 Å². The van der Waals surface area contributed by atoms with Crippen LogP contribution in [0.25, 0.3) is 0 Å². The number of alkyl carbamates (subject to hydrolysis) is 1. The second-order valence-electron chi connectivity index (χ2n) is 5.88. The van der Waals surface area contributed by atoms with Crippen LogP contribution in [-0.2, 0) is 17.8 Å². The smallest absolute Gasteiger partial charge is 0.407 e. The molecule has 134 valence electrons. The van der Waals surface area contributed by atoms with Gasteiger partial charge in [0.1, 0.15) is 12.7 Å². The van der Waals surface area contributed by atoms with E-state index in [1.165, 1.54) is 5.56 Å². The second kappa shape index (κ2) is 9.81. The molecule has 0 saturated heterocycles.